The highest BCUT2D eigenvalue weighted by atomic mass is 79.9. The number of fused-ring (bicyclic) bond motifs is 1. The summed E-state index contributed by atoms with van der Waals surface area (Å²) in [5.74, 6) is 1.07. The lowest BCUT2D eigenvalue weighted by atomic mass is 10.2. The minimum Gasteiger partial charge on any atom is -0.471 e. The molecule has 3 heterocycles. The van der Waals surface area contributed by atoms with Gasteiger partial charge in [0.05, 0.1) is 4.88 Å². The third-order valence-electron chi connectivity index (χ3n) is 2.72. The molecule has 4 nitrogen and oxygen atoms in total. The summed E-state index contributed by atoms with van der Waals surface area (Å²) in [6.07, 6.45) is -0.564. The number of likely N-dealkylation sites (N-methyl/N-ethyl adjacent to an activating group) is 1. The summed E-state index contributed by atoms with van der Waals surface area (Å²) in [6.45, 7) is 0. The van der Waals surface area contributed by atoms with E-state index in [0.717, 1.165) is 4.88 Å². The molecule has 1 aliphatic rings. The van der Waals surface area contributed by atoms with Crippen molar-refractivity contribution in [2.24, 2.45) is 0 Å². The predicted molar refractivity (Wildman–Crippen MR) is 73.0 cm³/mol. The van der Waals surface area contributed by atoms with Gasteiger partial charge in [0.2, 0.25) is 6.10 Å². The first-order chi connectivity index (χ1) is 8.66. The van der Waals surface area contributed by atoms with Gasteiger partial charge >= 0.3 is 0 Å². The maximum absolute atomic E-state index is 12.3. The molecule has 1 aliphatic heterocycles. The van der Waals surface area contributed by atoms with Crippen LogP contribution in [0.2, 0.25) is 0 Å². The summed E-state index contributed by atoms with van der Waals surface area (Å²) in [4.78, 5) is 18.9. The van der Waals surface area contributed by atoms with Gasteiger partial charge in [0.15, 0.2) is 11.6 Å². The number of pyridine rings is 1. The zero-order valence-corrected chi connectivity index (χ0v) is 11.9. The van der Waals surface area contributed by atoms with Crippen molar-refractivity contribution in [2.45, 2.75) is 6.10 Å². The Hall–Kier alpha value is -1.40. The van der Waals surface area contributed by atoms with E-state index in [-0.39, 0.29) is 5.91 Å². The molecular formula is C12H9BrN2O2S. The molecule has 0 spiro atoms. The van der Waals surface area contributed by atoms with E-state index in [1.165, 1.54) is 16.2 Å². The summed E-state index contributed by atoms with van der Waals surface area (Å²) in [5, 5.41) is 1.93. The van der Waals surface area contributed by atoms with Crippen LogP contribution >= 0.6 is 27.3 Å². The van der Waals surface area contributed by atoms with Crippen LogP contribution in [0.25, 0.3) is 0 Å². The summed E-state index contributed by atoms with van der Waals surface area (Å²) >= 11 is 4.80. The Balaban J connectivity index is 2.05. The number of ether oxygens (including phenoxy) is 1. The van der Waals surface area contributed by atoms with Gasteiger partial charge in [0.1, 0.15) is 4.60 Å². The van der Waals surface area contributed by atoms with E-state index in [2.05, 4.69) is 20.9 Å². The highest BCUT2D eigenvalue weighted by Crippen LogP contribution is 2.38. The molecule has 0 fully saturated rings. The summed E-state index contributed by atoms with van der Waals surface area (Å²) < 4.78 is 6.43. The van der Waals surface area contributed by atoms with Crippen LogP contribution in [-0.2, 0) is 4.79 Å². The van der Waals surface area contributed by atoms with Crippen molar-refractivity contribution in [2.75, 3.05) is 11.9 Å². The number of aromatic nitrogens is 1. The van der Waals surface area contributed by atoms with Crippen molar-refractivity contribution in [3.8, 4) is 5.75 Å². The van der Waals surface area contributed by atoms with Crippen molar-refractivity contribution < 1.29 is 9.53 Å². The van der Waals surface area contributed by atoms with E-state index < -0.39 is 6.10 Å². The zero-order chi connectivity index (χ0) is 12.7. The molecule has 1 amide bonds. The van der Waals surface area contributed by atoms with Crippen LogP contribution in [0.1, 0.15) is 11.0 Å². The fourth-order valence-electron chi connectivity index (χ4n) is 1.82. The van der Waals surface area contributed by atoms with E-state index in [0.29, 0.717) is 16.2 Å². The first kappa shape index (κ1) is 11.7. The van der Waals surface area contributed by atoms with Crippen molar-refractivity contribution in [3.05, 3.63) is 39.1 Å². The summed E-state index contributed by atoms with van der Waals surface area (Å²) in [7, 11) is 1.71. The molecule has 0 aliphatic carbocycles. The minimum atomic E-state index is -0.564. The molecule has 0 radical (unpaired) electrons. The molecule has 0 bridgehead atoms. The number of hydrogen-bond donors (Lipinski definition) is 0. The molecule has 0 saturated carbocycles. The highest BCUT2D eigenvalue weighted by molar-refractivity contribution is 9.10. The molecule has 0 aromatic carbocycles. The van der Waals surface area contributed by atoms with E-state index in [4.69, 9.17) is 4.74 Å². The summed E-state index contributed by atoms with van der Waals surface area (Å²) in [6, 6.07) is 7.42. The van der Waals surface area contributed by atoms with E-state index in [9.17, 15) is 4.79 Å². The smallest absolute Gasteiger partial charge is 0.274 e. The monoisotopic (exact) mass is 324 g/mol. The molecule has 0 N–H and O–H groups in total. The molecule has 0 saturated heterocycles. The predicted octanol–water partition coefficient (Wildman–Crippen LogP) is 3.00. The quantitative estimate of drug-likeness (QED) is 0.757. The second-order valence-corrected chi connectivity index (χ2v) is 5.66. The maximum atomic E-state index is 12.3. The maximum Gasteiger partial charge on any atom is 0.274 e. The Morgan fingerprint density at radius 1 is 1.44 bits per heavy atom. The van der Waals surface area contributed by atoms with Gasteiger partial charge in [-0.25, -0.2) is 4.98 Å². The van der Waals surface area contributed by atoms with Crippen molar-refractivity contribution in [3.63, 3.8) is 0 Å². The first-order valence-corrected chi connectivity index (χ1v) is 6.98. The second kappa shape index (κ2) is 4.37. The van der Waals surface area contributed by atoms with Crippen LogP contribution in [0.5, 0.6) is 5.75 Å². The lowest BCUT2D eigenvalue weighted by Crippen LogP contribution is -2.38. The number of rotatable bonds is 1. The molecule has 2 aromatic heterocycles. The number of amides is 1. The lowest BCUT2D eigenvalue weighted by molar-refractivity contribution is -0.126. The molecular weight excluding hydrogens is 316 g/mol. The van der Waals surface area contributed by atoms with Crippen LogP contribution in [0.3, 0.4) is 0 Å². The number of anilines is 1. The fourth-order valence-corrected chi connectivity index (χ4v) is 2.87. The SMILES string of the molecule is CN1C(=O)C(c2cccs2)Oc2ccc(Br)nc21. The Morgan fingerprint density at radius 3 is 3.00 bits per heavy atom. The largest absolute Gasteiger partial charge is 0.471 e. The number of nitrogens with zero attached hydrogens (tertiary/aromatic N) is 2. The number of thiophene rings is 1. The van der Waals surface area contributed by atoms with Crippen molar-refractivity contribution >= 4 is 39.0 Å². The molecule has 18 heavy (non-hydrogen) atoms. The minimum absolute atomic E-state index is 0.101. The lowest BCUT2D eigenvalue weighted by Gasteiger charge is -2.30. The molecule has 6 heteroatoms. The standard InChI is InChI=1S/C12H9BrN2O2S/c1-15-11-7(4-5-9(13)14-11)17-10(12(15)16)8-3-2-6-18-8/h2-6,10H,1H3. The Kier molecular flexibility index (Phi) is 2.83. The molecule has 1 atom stereocenters. The number of halogens is 1. The third kappa shape index (κ3) is 1.81. The fraction of sp³-hybridized carbons (Fsp3) is 0.167. The zero-order valence-electron chi connectivity index (χ0n) is 9.46. The van der Waals surface area contributed by atoms with Gasteiger partial charge in [-0.1, -0.05) is 6.07 Å². The number of hydrogen-bond acceptors (Lipinski definition) is 4. The molecule has 3 rings (SSSR count). The highest BCUT2D eigenvalue weighted by Gasteiger charge is 2.35. The summed E-state index contributed by atoms with van der Waals surface area (Å²) in [5.41, 5.74) is 0. The van der Waals surface area contributed by atoms with Crippen LogP contribution in [-0.4, -0.2) is 17.9 Å². The average Bonchev–Trinajstić information content (AvgIpc) is 2.88. The van der Waals surface area contributed by atoms with E-state index in [1.807, 2.05) is 23.6 Å². The topological polar surface area (TPSA) is 42.4 Å². The van der Waals surface area contributed by atoms with Gasteiger partial charge < -0.3 is 4.74 Å². The van der Waals surface area contributed by atoms with Gasteiger partial charge in [-0.05, 0) is 39.5 Å². The van der Waals surface area contributed by atoms with Crippen molar-refractivity contribution in [1.29, 1.82) is 0 Å². The van der Waals surface area contributed by atoms with Gasteiger partial charge in [0.25, 0.3) is 5.91 Å². The van der Waals surface area contributed by atoms with E-state index in [1.54, 1.807) is 13.1 Å². The van der Waals surface area contributed by atoms with E-state index >= 15 is 0 Å². The average molecular weight is 325 g/mol. The Labute approximate surface area is 116 Å². The first-order valence-electron chi connectivity index (χ1n) is 5.31. The van der Waals surface area contributed by atoms with Gasteiger partial charge in [-0.15, -0.1) is 11.3 Å². The van der Waals surface area contributed by atoms with Crippen LogP contribution < -0.4 is 9.64 Å². The van der Waals surface area contributed by atoms with Gasteiger partial charge in [0, 0.05) is 7.05 Å². The van der Waals surface area contributed by atoms with Crippen LogP contribution in [0, 0.1) is 0 Å². The van der Waals surface area contributed by atoms with Gasteiger partial charge in [-0.2, -0.15) is 0 Å². The number of carbonyl (C=O) groups is 1. The molecule has 2 aromatic rings. The second-order valence-electron chi connectivity index (χ2n) is 3.87. The van der Waals surface area contributed by atoms with Crippen LogP contribution in [0.15, 0.2) is 34.2 Å². The van der Waals surface area contributed by atoms with Gasteiger partial charge in [-0.3, -0.25) is 9.69 Å². The normalized spacial score (nSPS) is 18.4. The van der Waals surface area contributed by atoms with Crippen molar-refractivity contribution in [1.82, 2.24) is 4.98 Å². The Bertz CT molecular complexity index is 600. The molecule has 1 unspecified atom stereocenters. The molecule has 92 valence electrons. The van der Waals surface area contributed by atoms with Crippen LogP contribution in [0.4, 0.5) is 5.82 Å². The number of carbonyl (C=O) groups excluding carboxylic acids is 1. The third-order valence-corrected chi connectivity index (χ3v) is 4.08. The Morgan fingerprint density at radius 2 is 2.28 bits per heavy atom.